The number of carboxylic acids is 1. The third-order valence-corrected chi connectivity index (χ3v) is 7.19. The minimum Gasteiger partial charge on any atom is -0.480 e. The van der Waals surface area contributed by atoms with Gasteiger partial charge in [-0.15, -0.1) is 11.3 Å². The Morgan fingerprint density at radius 3 is 2.59 bits per heavy atom. The largest absolute Gasteiger partial charge is 0.480 e. The van der Waals surface area contributed by atoms with Crippen molar-refractivity contribution in [2.75, 3.05) is 13.1 Å². The summed E-state index contributed by atoms with van der Waals surface area (Å²) < 4.78 is 27.6. The number of aryl methyl sites for hydroxylation is 1. The van der Waals surface area contributed by atoms with E-state index in [1.165, 1.54) is 11.3 Å². The van der Waals surface area contributed by atoms with Crippen LogP contribution in [-0.4, -0.2) is 49.6 Å². The molecule has 1 aliphatic carbocycles. The second kappa shape index (κ2) is 7.08. The van der Waals surface area contributed by atoms with Crippen LogP contribution in [-0.2, 0) is 21.2 Å². The summed E-state index contributed by atoms with van der Waals surface area (Å²) in [5.74, 6) is -0.850. The van der Waals surface area contributed by atoms with Crippen LogP contribution in [0.3, 0.4) is 0 Å². The summed E-state index contributed by atoms with van der Waals surface area (Å²) in [5.41, 5.74) is 0. The van der Waals surface area contributed by atoms with E-state index in [-0.39, 0.29) is 18.6 Å². The fourth-order valence-corrected chi connectivity index (χ4v) is 5.20. The van der Waals surface area contributed by atoms with E-state index in [0.717, 1.165) is 11.3 Å². The topological polar surface area (TPSA) is 86.7 Å². The average molecular weight is 346 g/mol. The molecule has 1 aromatic heterocycles. The van der Waals surface area contributed by atoms with Gasteiger partial charge in [0, 0.05) is 17.0 Å². The maximum Gasteiger partial charge on any atom is 0.317 e. The summed E-state index contributed by atoms with van der Waals surface area (Å²) in [6, 6.07) is 3.52. The number of rotatable bonds is 8. The molecule has 0 spiro atoms. The van der Waals surface area contributed by atoms with Crippen LogP contribution in [0.2, 0.25) is 0 Å². The summed E-state index contributed by atoms with van der Waals surface area (Å²) in [6.07, 6.45) is 2.14. The van der Waals surface area contributed by atoms with E-state index in [1.807, 2.05) is 24.8 Å². The van der Waals surface area contributed by atoms with Crippen molar-refractivity contribution in [1.29, 1.82) is 0 Å². The number of carboxylic acid groups (broad SMARTS) is 1. The number of aliphatic carboxylic acids is 1. The van der Waals surface area contributed by atoms with Gasteiger partial charge in [0.05, 0.1) is 6.54 Å². The van der Waals surface area contributed by atoms with Gasteiger partial charge < -0.3 is 5.11 Å². The highest BCUT2D eigenvalue weighted by molar-refractivity contribution is 7.91. The summed E-state index contributed by atoms with van der Waals surface area (Å²) in [4.78, 5) is 13.7. The molecule has 22 heavy (non-hydrogen) atoms. The van der Waals surface area contributed by atoms with Crippen LogP contribution in [0, 0.1) is 0 Å². The summed E-state index contributed by atoms with van der Waals surface area (Å²) >= 11 is 1.30. The molecule has 0 radical (unpaired) electrons. The minimum atomic E-state index is -3.45. The Kier molecular flexibility index (Phi) is 5.60. The molecule has 0 aliphatic heterocycles. The molecule has 1 aliphatic rings. The van der Waals surface area contributed by atoms with Crippen LogP contribution in [0.25, 0.3) is 0 Å². The van der Waals surface area contributed by atoms with Gasteiger partial charge in [-0.3, -0.25) is 9.69 Å². The zero-order valence-electron chi connectivity index (χ0n) is 12.8. The fourth-order valence-electron chi connectivity index (χ4n) is 2.63. The van der Waals surface area contributed by atoms with E-state index < -0.39 is 16.0 Å². The van der Waals surface area contributed by atoms with Gasteiger partial charge in [-0.05, 0) is 37.9 Å². The molecule has 1 saturated carbocycles. The first kappa shape index (κ1) is 17.4. The standard InChI is InChI=1S/C14H22N2O4S2/c1-3-12-5-6-14(21-12)22(19,20)15-10-7-11(8-10)16(4-2)9-13(17)18/h5-6,10-11,15H,3-4,7-9H2,1-2H3,(H,17,18). The molecule has 6 nitrogen and oxygen atoms in total. The Labute approximate surface area is 135 Å². The van der Waals surface area contributed by atoms with Crippen LogP contribution in [0.5, 0.6) is 0 Å². The first-order chi connectivity index (χ1) is 10.4. The van der Waals surface area contributed by atoms with Gasteiger partial charge in [0.1, 0.15) is 4.21 Å². The lowest BCUT2D eigenvalue weighted by Gasteiger charge is -2.41. The highest BCUT2D eigenvalue weighted by atomic mass is 32.2. The van der Waals surface area contributed by atoms with E-state index in [0.29, 0.717) is 23.6 Å². The van der Waals surface area contributed by atoms with E-state index in [4.69, 9.17) is 5.11 Å². The summed E-state index contributed by atoms with van der Waals surface area (Å²) in [6.45, 7) is 4.57. The number of hydrogen-bond acceptors (Lipinski definition) is 5. The molecule has 124 valence electrons. The maximum absolute atomic E-state index is 12.3. The molecule has 0 amide bonds. The molecule has 1 aromatic rings. The van der Waals surface area contributed by atoms with Crippen LogP contribution in [0.15, 0.2) is 16.3 Å². The lowest BCUT2D eigenvalue weighted by Crippen LogP contribution is -2.54. The molecule has 2 rings (SSSR count). The molecule has 0 bridgehead atoms. The number of carbonyl (C=O) groups is 1. The number of likely N-dealkylation sites (N-methyl/N-ethyl adjacent to an activating group) is 1. The second-order valence-corrected chi connectivity index (χ2v) is 8.58. The van der Waals surface area contributed by atoms with Crippen molar-refractivity contribution in [3.8, 4) is 0 Å². The predicted molar refractivity (Wildman–Crippen MR) is 85.7 cm³/mol. The Morgan fingerprint density at radius 1 is 1.41 bits per heavy atom. The SMILES string of the molecule is CCc1ccc(S(=O)(=O)NC2CC(N(CC)CC(=O)O)C2)s1. The van der Waals surface area contributed by atoms with Crippen molar-refractivity contribution in [2.45, 2.75) is 49.4 Å². The first-order valence-corrected chi connectivity index (χ1v) is 9.72. The van der Waals surface area contributed by atoms with Gasteiger partial charge in [0.15, 0.2) is 0 Å². The van der Waals surface area contributed by atoms with Gasteiger partial charge in [0.25, 0.3) is 0 Å². The third kappa shape index (κ3) is 4.07. The van der Waals surface area contributed by atoms with E-state index in [9.17, 15) is 13.2 Å². The maximum atomic E-state index is 12.3. The molecular formula is C14H22N2O4S2. The normalized spacial score (nSPS) is 21.8. The predicted octanol–water partition coefficient (Wildman–Crippen LogP) is 1.53. The Hall–Kier alpha value is -0.960. The number of thiophene rings is 1. The molecular weight excluding hydrogens is 324 g/mol. The zero-order chi connectivity index (χ0) is 16.3. The Bertz CT molecular complexity index is 621. The van der Waals surface area contributed by atoms with Crippen LogP contribution in [0.1, 0.15) is 31.6 Å². The van der Waals surface area contributed by atoms with Crippen molar-refractivity contribution < 1.29 is 18.3 Å². The number of hydrogen-bond donors (Lipinski definition) is 2. The van der Waals surface area contributed by atoms with Crippen molar-refractivity contribution in [1.82, 2.24) is 9.62 Å². The monoisotopic (exact) mass is 346 g/mol. The molecule has 1 heterocycles. The van der Waals surface area contributed by atoms with Crippen LogP contribution in [0.4, 0.5) is 0 Å². The molecule has 2 N–H and O–H groups in total. The van der Waals surface area contributed by atoms with Gasteiger partial charge >= 0.3 is 5.97 Å². The van der Waals surface area contributed by atoms with Crippen molar-refractivity contribution in [3.05, 3.63) is 17.0 Å². The fraction of sp³-hybridized carbons (Fsp3) is 0.643. The van der Waals surface area contributed by atoms with E-state index in [1.54, 1.807) is 6.07 Å². The Morgan fingerprint density at radius 2 is 2.09 bits per heavy atom. The van der Waals surface area contributed by atoms with Gasteiger partial charge in [0.2, 0.25) is 10.0 Å². The molecule has 8 heteroatoms. The van der Waals surface area contributed by atoms with Gasteiger partial charge in [-0.1, -0.05) is 13.8 Å². The third-order valence-electron chi connectivity index (χ3n) is 3.95. The number of nitrogens with zero attached hydrogens (tertiary/aromatic N) is 1. The number of nitrogens with one attached hydrogen (secondary N) is 1. The van der Waals surface area contributed by atoms with E-state index >= 15 is 0 Å². The average Bonchev–Trinajstić information content (AvgIpc) is 2.89. The molecule has 0 aromatic carbocycles. The highest BCUT2D eigenvalue weighted by Crippen LogP contribution is 2.28. The van der Waals surface area contributed by atoms with E-state index in [2.05, 4.69) is 4.72 Å². The van der Waals surface area contributed by atoms with Gasteiger partial charge in [-0.2, -0.15) is 0 Å². The zero-order valence-corrected chi connectivity index (χ0v) is 14.4. The minimum absolute atomic E-state index is 0.00538. The summed E-state index contributed by atoms with van der Waals surface area (Å²) in [5, 5.41) is 8.86. The first-order valence-electron chi connectivity index (χ1n) is 7.42. The molecule has 0 unspecified atom stereocenters. The molecule has 1 fully saturated rings. The van der Waals surface area contributed by atoms with Crippen molar-refractivity contribution in [3.63, 3.8) is 0 Å². The van der Waals surface area contributed by atoms with Crippen molar-refractivity contribution >= 4 is 27.3 Å². The quantitative estimate of drug-likeness (QED) is 0.745. The lowest BCUT2D eigenvalue weighted by atomic mass is 9.86. The highest BCUT2D eigenvalue weighted by Gasteiger charge is 2.36. The Balaban J connectivity index is 1.90. The van der Waals surface area contributed by atoms with Gasteiger partial charge in [-0.25, -0.2) is 13.1 Å². The van der Waals surface area contributed by atoms with Crippen LogP contribution >= 0.6 is 11.3 Å². The second-order valence-electron chi connectivity index (χ2n) is 5.47. The van der Waals surface area contributed by atoms with Crippen LogP contribution < -0.4 is 4.72 Å². The molecule has 0 atom stereocenters. The summed E-state index contributed by atoms with van der Waals surface area (Å²) in [7, 11) is -3.45. The molecule has 0 saturated heterocycles. The smallest absolute Gasteiger partial charge is 0.317 e. The lowest BCUT2D eigenvalue weighted by molar-refractivity contribution is -0.139. The van der Waals surface area contributed by atoms with Crippen molar-refractivity contribution in [2.24, 2.45) is 0 Å². The number of sulfonamides is 1.